The molecule has 398 valence electrons. The standard InChI is InChI=1S/C53H103O13P/c1-3-5-7-9-11-13-15-17-19-20-21-22-23-24-25-26-28-30-32-34-36-38-40-42-47(55)65-45(44-64-67(61,62)66-53-51(59)49(57)48(56)50(58)52(53)60)43-63-46(54)41-39-37-35-33-31-29-27-18-16-14-12-10-8-6-4-2/h45,48-53,56-60H,3-44H2,1-2H3,(H,61,62). The Balaban J connectivity index is 2.32. The molecule has 0 spiro atoms. The first kappa shape index (κ1) is 63.9. The molecular formula is C53H103O13P. The maximum Gasteiger partial charge on any atom is 0.472 e. The van der Waals surface area contributed by atoms with Crippen LogP contribution in [-0.4, -0.2) is 98.3 Å². The summed E-state index contributed by atoms with van der Waals surface area (Å²) in [5, 5.41) is 50.3. The minimum absolute atomic E-state index is 0.106. The fourth-order valence-electron chi connectivity index (χ4n) is 9.00. The highest BCUT2D eigenvalue weighted by atomic mass is 31.2. The molecule has 0 amide bonds. The summed E-state index contributed by atoms with van der Waals surface area (Å²) in [6.45, 7) is 3.36. The number of esters is 2. The van der Waals surface area contributed by atoms with Crippen molar-refractivity contribution in [3.05, 3.63) is 0 Å². The quantitative estimate of drug-likeness (QED) is 0.0191. The molecule has 0 radical (unpaired) electrons. The first-order valence-electron chi connectivity index (χ1n) is 27.8. The van der Waals surface area contributed by atoms with Gasteiger partial charge in [-0.3, -0.25) is 18.6 Å². The van der Waals surface area contributed by atoms with Crippen LogP contribution in [0.5, 0.6) is 0 Å². The first-order valence-corrected chi connectivity index (χ1v) is 29.3. The monoisotopic (exact) mass is 979 g/mol. The largest absolute Gasteiger partial charge is 0.472 e. The van der Waals surface area contributed by atoms with Gasteiger partial charge in [0.05, 0.1) is 6.61 Å². The molecule has 6 N–H and O–H groups in total. The zero-order chi connectivity index (χ0) is 49.2. The van der Waals surface area contributed by atoms with E-state index < -0.39 is 75.7 Å². The number of aliphatic hydroxyl groups excluding tert-OH is 5. The lowest BCUT2D eigenvalue weighted by Crippen LogP contribution is -2.64. The summed E-state index contributed by atoms with van der Waals surface area (Å²) in [5.74, 6) is -1.08. The van der Waals surface area contributed by atoms with E-state index in [1.807, 2.05) is 0 Å². The third-order valence-corrected chi connectivity index (χ3v) is 14.4. The molecule has 6 atom stereocenters. The Morgan fingerprint density at radius 3 is 0.985 bits per heavy atom. The lowest BCUT2D eigenvalue weighted by atomic mass is 9.85. The number of hydrogen-bond donors (Lipinski definition) is 6. The Hall–Kier alpha value is -1.15. The van der Waals surface area contributed by atoms with Crippen LogP contribution in [0.15, 0.2) is 0 Å². The van der Waals surface area contributed by atoms with Gasteiger partial charge in [0, 0.05) is 12.8 Å². The second kappa shape index (κ2) is 43.6. The Bertz CT molecular complexity index is 1180. The topological polar surface area (TPSA) is 210 Å². The third-order valence-electron chi connectivity index (χ3n) is 13.4. The molecule has 0 aromatic carbocycles. The van der Waals surface area contributed by atoms with Gasteiger partial charge in [0.1, 0.15) is 43.2 Å². The van der Waals surface area contributed by atoms with Gasteiger partial charge in [-0.15, -0.1) is 0 Å². The third kappa shape index (κ3) is 35.6. The summed E-state index contributed by atoms with van der Waals surface area (Å²) in [6, 6.07) is 0. The van der Waals surface area contributed by atoms with E-state index in [4.69, 9.17) is 18.5 Å². The van der Waals surface area contributed by atoms with Crippen LogP contribution in [0.4, 0.5) is 0 Å². The van der Waals surface area contributed by atoms with Gasteiger partial charge in [0.25, 0.3) is 0 Å². The molecule has 1 fully saturated rings. The predicted molar refractivity (Wildman–Crippen MR) is 268 cm³/mol. The fraction of sp³-hybridized carbons (Fsp3) is 0.962. The average Bonchev–Trinajstić information content (AvgIpc) is 3.31. The van der Waals surface area contributed by atoms with Crippen LogP contribution >= 0.6 is 7.82 Å². The lowest BCUT2D eigenvalue weighted by molar-refractivity contribution is -0.220. The molecule has 0 aromatic rings. The van der Waals surface area contributed by atoms with Crippen molar-refractivity contribution in [3.8, 4) is 0 Å². The average molecular weight is 979 g/mol. The van der Waals surface area contributed by atoms with Crippen LogP contribution in [-0.2, 0) is 32.7 Å². The minimum Gasteiger partial charge on any atom is -0.462 e. The minimum atomic E-state index is -5.12. The number of unbranched alkanes of at least 4 members (excludes halogenated alkanes) is 36. The molecule has 6 unspecified atom stereocenters. The van der Waals surface area contributed by atoms with Crippen LogP contribution in [0.1, 0.15) is 271 Å². The summed E-state index contributed by atoms with van der Waals surface area (Å²) in [7, 11) is -5.12. The van der Waals surface area contributed by atoms with Gasteiger partial charge in [0.15, 0.2) is 6.10 Å². The highest BCUT2D eigenvalue weighted by Gasteiger charge is 2.51. The molecule has 1 rings (SSSR count). The van der Waals surface area contributed by atoms with Crippen molar-refractivity contribution >= 4 is 19.8 Å². The van der Waals surface area contributed by atoms with E-state index in [0.29, 0.717) is 12.8 Å². The van der Waals surface area contributed by atoms with Gasteiger partial charge in [0.2, 0.25) is 0 Å². The zero-order valence-corrected chi connectivity index (χ0v) is 43.6. The molecule has 1 saturated carbocycles. The SMILES string of the molecule is CCCCCCCCCCCCCCCCCCCCCCCCCC(=O)OC(COC(=O)CCCCCCCCCCCCCCCCC)COP(=O)(O)OC1C(O)C(O)C(O)C(O)C1O. The van der Waals surface area contributed by atoms with Crippen molar-refractivity contribution < 1.29 is 63.1 Å². The van der Waals surface area contributed by atoms with Gasteiger partial charge in [-0.1, -0.05) is 245 Å². The van der Waals surface area contributed by atoms with E-state index in [0.717, 1.165) is 38.5 Å². The smallest absolute Gasteiger partial charge is 0.462 e. The lowest BCUT2D eigenvalue weighted by Gasteiger charge is -2.41. The molecule has 0 heterocycles. The van der Waals surface area contributed by atoms with Gasteiger partial charge < -0.3 is 39.9 Å². The molecule has 14 heteroatoms. The normalized spacial score (nSPS) is 21.0. The van der Waals surface area contributed by atoms with Crippen molar-refractivity contribution in [2.45, 2.75) is 313 Å². The molecular weight excluding hydrogens is 876 g/mol. The number of ether oxygens (including phenoxy) is 2. The number of phosphoric ester groups is 1. The zero-order valence-electron chi connectivity index (χ0n) is 42.7. The van der Waals surface area contributed by atoms with E-state index >= 15 is 0 Å². The van der Waals surface area contributed by atoms with Gasteiger partial charge >= 0.3 is 19.8 Å². The number of phosphoric acid groups is 1. The molecule has 0 aliphatic heterocycles. The van der Waals surface area contributed by atoms with Gasteiger partial charge in [-0.25, -0.2) is 4.57 Å². The fourth-order valence-corrected chi connectivity index (χ4v) is 9.97. The van der Waals surface area contributed by atoms with Crippen molar-refractivity contribution in [2.75, 3.05) is 13.2 Å². The Morgan fingerprint density at radius 2 is 0.672 bits per heavy atom. The van der Waals surface area contributed by atoms with Crippen LogP contribution in [0.25, 0.3) is 0 Å². The number of aliphatic hydroxyl groups is 5. The maximum atomic E-state index is 12.9. The second-order valence-electron chi connectivity index (χ2n) is 19.8. The summed E-state index contributed by atoms with van der Waals surface area (Å²) in [4.78, 5) is 35.9. The molecule has 0 saturated heterocycles. The molecule has 0 aromatic heterocycles. The second-order valence-corrected chi connectivity index (χ2v) is 21.2. The van der Waals surface area contributed by atoms with Crippen molar-refractivity contribution in [1.82, 2.24) is 0 Å². The summed E-state index contributed by atoms with van der Waals surface area (Å²) < 4.78 is 33.7. The van der Waals surface area contributed by atoms with Crippen LogP contribution in [0.2, 0.25) is 0 Å². The van der Waals surface area contributed by atoms with E-state index in [-0.39, 0.29) is 12.8 Å². The molecule has 1 aliphatic rings. The number of rotatable bonds is 48. The van der Waals surface area contributed by atoms with Crippen molar-refractivity contribution in [1.29, 1.82) is 0 Å². The maximum absolute atomic E-state index is 12.9. The van der Waals surface area contributed by atoms with Gasteiger partial charge in [-0.2, -0.15) is 0 Å². The number of hydrogen-bond acceptors (Lipinski definition) is 12. The van der Waals surface area contributed by atoms with Crippen LogP contribution in [0, 0.1) is 0 Å². The van der Waals surface area contributed by atoms with E-state index in [9.17, 15) is 44.6 Å². The number of carbonyl (C=O) groups is 2. The Morgan fingerprint density at radius 1 is 0.403 bits per heavy atom. The van der Waals surface area contributed by atoms with E-state index in [2.05, 4.69) is 13.8 Å². The summed E-state index contributed by atoms with van der Waals surface area (Å²) >= 11 is 0. The highest BCUT2D eigenvalue weighted by molar-refractivity contribution is 7.47. The summed E-state index contributed by atoms with van der Waals surface area (Å²) in [6.07, 6.45) is 34.4. The predicted octanol–water partition coefficient (Wildman–Crippen LogP) is 12.4. The molecule has 0 bridgehead atoms. The van der Waals surface area contributed by atoms with Crippen molar-refractivity contribution in [2.24, 2.45) is 0 Å². The number of carbonyl (C=O) groups excluding carboxylic acids is 2. The van der Waals surface area contributed by atoms with Crippen LogP contribution in [0.3, 0.4) is 0 Å². The molecule has 67 heavy (non-hydrogen) atoms. The first-order chi connectivity index (χ1) is 32.4. The van der Waals surface area contributed by atoms with E-state index in [1.54, 1.807) is 0 Å². The molecule has 13 nitrogen and oxygen atoms in total. The Kier molecular flexibility index (Phi) is 41.6. The van der Waals surface area contributed by atoms with E-state index in [1.165, 1.54) is 193 Å². The Labute approximate surface area is 408 Å². The van der Waals surface area contributed by atoms with Crippen molar-refractivity contribution in [3.63, 3.8) is 0 Å². The highest BCUT2D eigenvalue weighted by Crippen LogP contribution is 2.47. The van der Waals surface area contributed by atoms with Gasteiger partial charge in [-0.05, 0) is 12.8 Å². The van der Waals surface area contributed by atoms with Crippen LogP contribution < -0.4 is 0 Å². The summed E-state index contributed by atoms with van der Waals surface area (Å²) in [5.41, 5.74) is 0. The molecule has 1 aliphatic carbocycles.